The molecule has 2 nitrogen and oxygen atoms in total. The fourth-order valence-electron chi connectivity index (χ4n) is 5.57. The van der Waals surface area contributed by atoms with E-state index in [0.29, 0.717) is 5.92 Å². The van der Waals surface area contributed by atoms with Crippen molar-refractivity contribution in [3.63, 3.8) is 0 Å². The number of hydrogen-bond donors (Lipinski definition) is 1. The SMILES string of the molecule is CC(C)(C)OCCCCCCN[Si](C)(C)C1CC(Cc2ccccc2)C2C=CC=CC21. The van der Waals surface area contributed by atoms with Crippen LogP contribution in [0.1, 0.15) is 58.4 Å². The van der Waals surface area contributed by atoms with Crippen LogP contribution in [0.3, 0.4) is 0 Å². The summed E-state index contributed by atoms with van der Waals surface area (Å²) in [4.78, 5) is 4.08. The highest BCUT2D eigenvalue weighted by molar-refractivity contribution is 6.76. The molecule has 0 radical (unpaired) electrons. The van der Waals surface area contributed by atoms with Crippen LogP contribution >= 0.6 is 0 Å². The molecule has 31 heavy (non-hydrogen) atoms. The third-order valence-electron chi connectivity index (χ3n) is 7.24. The molecule has 1 aromatic rings. The van der Waals surface area contributed by atoms with Crippen molar-refractivity contribution >= 4 is 8.24 Å². The van der Waals surface area contributed by atoms with Crippen LogP contribution in [0.5, 0.6) is 0 Å². The Balaban J connectivity index is 1.46. The largest absolute Gasteiger partial charge is 0.376 e. The molecule has 0 bridgehead atoms. The van der Waals surface area contributed by atoms with Crippen molar-refractivity contribution in [1.82, 2.24) is 4.98 Å². The molecule has 0 heterocycles. The van der Waals surface area contributed by atoms with Gasteiger partial charge in [-0.2, -0.15) is 0 Å². The van der Waals surface area contributed by atoms with E-state index >= 15 is 0 Å². The Morgan fingerprint density at radius 3 is 2.32 bits per heavy atom. The summed E-state index contributed by atoms with van der Waals surface area (Å²) in [5.74, 6) is 2.21. The quantitative estimate of drug-likeness (QED) is 0.292. The minimum atomic E-state index is -1.50. The third kappa shape index (κ3) is 7.44. The summed E-state index contributed by atoms with van der Waals surface area (Å²) in [6.45, 7) is 13.6. The van der Waals surface area contributed by atoms with Gasteiger partial charge in [0.15, 0.2) is 0 Å². The molecular formula is C28H45NOSi. The van der Waals surface area contributed by atoms with E-state index in [1.807, 2.05) is 0 Å². The number of unbranched alkanes of at least 4 members (excludes halogenated alkanes) is 3. The molecule has 0 spiro atoms. The molecule has 1 aromatic carbocycles. The first-order chi connectivity index (χ1) is 14.8. The summed E-state index contributed by atoms with van der Waals surface area (Å²) in [7, 11) is -1.50. The van der Waals surface area contributed by atoms with Gasteiger partial charge < -0.3 is 9.72 Å². The lowest BCUT2D eigenvalue weighted by molar-refractivity contribution is -0.00473. The van der Waals surface area contributed by atoms with Gasteiger partial charge in [-0.05, 0) is 81.9 Å². The molecule has 1 N–H and O–H groups in total. The molecule has 4 unspecified atom stereocenters. The van der Waals surface area contributed by atoms with E-state index in [9.17, 15) is 0 Å². The van der Waals surface area contributed by atoms with Crippen LogP contribution in [-0.2, 0) is 11.2 Å². The van der Waals surface area contributed by atoms with Gasteiger partial charge in [-0.3, -0.25) is 0 Å². The number of hydrogen-bond acceptors (Lipinski definition) is 2. The minimum Gasteiger partial charge on any atom is -0.376 e. The van der Waals surface area contributed by atoms with Crippen molar-refractivity contribution in [1.29, 1.82) is 0 Å². The van der Waals surface area contributed by atoms with Crippen LogP contribution < -0.4 is 4.98 Å². The molecular weight excluding hydrogens is 394 g/mol. The van der Waals surface area contributed by atoms with E-state index in [1.165, 1.54) is 50.6 Å². The number of benzene rings is 1. The summed E-state index contributed by atoms with van der Waals surface area (Å²) >= 11 is 0. The molecule has 3 rings (SSSR count). The Hall–Kier alpha value is -1.16. The van der Waals surface area contributed by atoms with Gasteiger partial charge in [0, 0.05) is 6.61 Å². The van der Waals surface area contributed by atoms with Crippen molar-refractivity contribution in [3.05, 3.63) is 60.2 Å². The fourth-order valence-corrected chi connectivity index (χ4v) is 8.84. The molecule has 0 aromatic heterocycles. The van der Waals surface area contributed by atoms with Gasteiger partial charge >= 0.3 is 0 Å². The standard InChI is InChI=1S/C28H45NOSi/c1-28(2,3)30-20-14-7-6-13-19-29-31(4,5)27-22-24(21-23-15-9-8-10-16-23)25-17-11-12-18-26(25)27/h8-12,15-18,24-27,29H,6-7,13-14,19-22H2,1-5H3. The zero-order valence-corrected chi connectivity index (χ0v) is 21.6. The summed E-state index contributed by atoms with van der Waals surface area (Å²) in [5, 5.41) is 0. The first-order valence-corrected chi connectivity index (χ1v) is 15.6. The van der Waals surface area contributed by atoms with Crippen LogP contribution in [0.2, 0.25) is 18.6 Å². The fraction of sp³-hybridized carbons (Fsp3) is 0.643. The van der Waals surface area contributed by atoms with E-state index in [2.05, 4.69) is 93.5 Å². The average molecular weight is 440 g/mol. The van der Waals surface area contributed by atoms with Crippen molar-refractivity contribution in [2.24, 2.45) is 17.8 Å². The topological polar surface area (TPSA) is 21.3 Å². The Morgan fingerprint density at radius 2 is 1.61 bits per heavy atom. The molecule has 1 fully saturated rings. The van der Waals surface area contributed by atoms with Crippen molar-refractivity contribution in [2.45, 2.75) is 83.5 Å². The molecule has 0 aliphatic heterocycles. The Morgan fingerprint density at radius 1 is 0.935 bits per heavy atom. The predicted octanol–water partition coefficient (Wildman–Crippen LogP) is 7.15. The average Bonchev–Trinajstić information content (AvgIpc) is 3.09. The zero-order valence-electron chi connectivity index (χ0n) is 20.6. The lowest BCUT2D eigenvalue weighted by Gasteiger charge is -2.35. The van der Waals surface area contributed by atoms with E-state index in [0.717, 1.165) is 24.0 Å². The maximum Gasteiger partial charge on any atom is 0.123 e. The highest BCUT2D eigenvalue weighted by Gasteiger charge is 2.48. The van der Waals surface area contributed by atoms with Gasteiger partial charge in [-0.15, -0.1) is 0 Å². The van der Waals surface area contributed by atoms with Crippen LogP contribution in [0.4, 0.5) is 0 Å². The molecule has 1 saturated carbocycles. The Kier molecular flexibility index (Phi) is 8.78. The number of nitrogens with one attached hydrogen (secondary N) is 1. The van der Waals surface area contributed by atoms with E-state index in [1.54, 1.807) is 0 Å². The normalized spacial score (nSPS) is 25.7. The summed E-state index contributed by atoms with van der Waals surface area (Å²) in [6, 6.07) is 11.1. The molecule has 172 valence electrons. The van der Waals surface area contributed by atoms with Gasteiger partial charge in [0.1, 0.15) is 8.24 Å². The third-order valence-corrected chi connectivity index (χ3v) is 10.9. The maximum atomic E-state index is 5.84. The number of ether oxygens (including phenoxy) is 1. The first kappa shape index (κ1) is 24.5. The second-order valence-electron chi connectivity index (χ2n) is 11.2. The van der Waals surface area contributed by atoms with E-state index in [-0.39, 0.29) is 5.60 Å². The van der Waals surface area contributed by atoms with E-state index < -0.39 is 8.24 Å². The summed E-state index contributed by atoms with van der Waals surface area (Å²) in [5.41, 5.74) is 2.32. The molecule has 4 atom stereocenters. The highest BCUT2D eigenvalue weighted by Crippen LogP contribution is 2.52. The Labute approximate surface area is 192 Å². The zero-order chi connectivity index (χ0) is 22.3. The minimum absolute atomic E-state index is 0.00253. The summed E-state index contributed by atoms with van der Waals surface area (Å²) in [6.07, 6.45) is 17.2. The smallest absolute Gasteiger partial charge is 0.123 e. The monoisotopic (exact) mass is 439 g/mol. The van der Waals surface area contributed by atoms with Gasteiger partial charge in [0.25, 0.3) is 0 Å². The first-order valence-electron chi connectivity index (χ1n) is 12.5. The van der Waals surface area contributed by atoms with Crippen LogP contribution in [0.15, 0.2) is 54.6 Å². The maximum absolute atomic E-state index is 5.84. The second-order valence-corrected chi connectivity index (χ2v) is 15.8. The Bertz CT molecular complexity index is 718. The molecule has 0 saturated heterocycles. The highest BCUT2D eigenvalue weighted by atomic mass is 28.3. The number of fused-ring (bicyclic) bond motifs is 1. The number of rotatable bonds is 11. The molecule has 2 aliphatic rings. The van der Waals surface area contributed by atoms with Gasteiger partial charge in [0.2, 0.25) is 0 Å². The lowest BCUT2D eigenvalue weighted by Crippen LogP contribution is -2.50. The second kappa shape index (κ2) is 11.1. The number of allylic oxidation sites excluding steroid dienone is 4. The molecule has 0 amide bonds. The van der Waals surface area contributed by atoms with Crippen LogP contribution in [-0.4, -0.2) is 27.0 Å². The van der Waals surface area contributed by atoms with Crippen molar-refractivity contribution in [3.8, 4) is 0 Å². The van der Waals surface area contributed by atoms with Gasteiger partial charge in [-0.25, -0.2) is 0 Å². The molecule has 2 aliphatic carbocycles. The van der Waals surface area contributed by atoms with Crippen LogP contribution in [0, 0.1) is 17.8 Å². The predicted molar refractivity (Wildman–Crippen MR) is 137 cm³/mol. The van der Waals surface area contributed by atoms with Crippen LogP contribution in [0.25, 0.3) is 0 Å². The van der Waals surface area contributed by atoms with Gasteiger partial charge in [-0.1, -0.05) is 80.6 Å². The molecule has 3 heteroatoms. The lowest BCUT2D eigenvalue weighted by atomic mass is 9.83. The van der Waals surface area contributed by atoms with Crippen molar-refractivity contribution in [2.75, 3.05) is 13.2 Å². The van der Waals surface area contributed by atoms with Gasteiger partial charge in [0.05, 0.1) is 5.60 Å². The summed E-state index contributed by atoms with van der Waals surface area (Å²) < 4.78 is 5.84. The van der Waals surface area contributed by atoms with E-state index in [4.69, 9.17) is 4.74 Å². The van der Waals surface area contributed by atoms with Crippen molar-refractivity contribution < 1.29 is 4.74 Å².